The Balaban J connectivity index is 1.95. The van der Waals surface area contributed by atoms with Gasteiger partial charge in [0, 0.05) is 24.9 Å². The van der Waals surface area contributed by atoms with Crippen molar-refractivity contribution in [3.05, 3.63) is 64.1 Å². The third-order valence-corrected chi connectivity index (χ3v) is 5.84. The molecule has 202 valence electrons. The summed E-state index contributed by atoms with van der Waals surface area (Å²) in [5, 5.41) is 18.6. The van der Waals surface area contributed by atoms with Gasteiger partial charge in [0.1, 0.15) is 5.15 Å². The van der Waals surface area contributed by atoms with E-state index in [0.29, 0.717) is 5.70 Å². The molecule has 1 saturated carbocycles. The zero-order chi connectivity index (χ0) is 27.9. The summed E-state index contributed by atoms with van der Waals surface area (Å²) in [5.74, 6) is -0.576. The number of anilines is 2. The highest BCUT2D eigenvalue weighted by Crippen LogP contribution is 2.39. The topological polar surface area (TPSA) is 141 Å². The Morgan fingerprint density at radius 2 is 1.95 bits per heavy atom. The number of hydrogen-bond acceptors (Lipinski definition) is 8. The molecule has 2 heterocycles. The van der Waals surface area contributed by atoms with Crippen molar-refractivity contribution < 1.29 is 14.7 Å². The van der Waals surface area contributed by atoms with Crippen LogP contribution in [0.3, 0.4) is 0 Å². The van der Waals surface area contributed by atoms with Gasteiger partial charge in [-0.1, -0.05) is 24.1 Å². The molecule has 4 N–H and O–H groups in total. The summed E-state index contributed by atoms with van der Waals surface area (Å²) in [6.07, 6.45) is 11.0. The van der Waals surface area contributed by atoms with Gasteiger partial charge in [-0.05, 0) is 59.1 Å². The average molecular weight is 540 g/mol. The summed E-state index contributed by atoms with van der Waals surface area (Å²) in [6.45, 7) is 9.00. The van der Waals surface area contributed by atoms with Crippen LogP contribution in [0.4, 0.5) is 11.5 Å². The third-order valence-electron chi connectivity index (χ3n) is 5.63. The first-order valence-corrected chi connectivity index (χ1v) is 12.8. The van der Waals surface area contributed by atoms with E-state index in [1.807, 2.05) is 26.8 Å². The second-order valence-electron chi connectivity index (χ2n) is 9.73. The van der Waals surface area contributed by atoms with Gasteiger partial charge in [0.05, 0.1) is 40.6 Å². The Bertz CT molecular complexity index is 1280. The summed E-state index contributed by atoms with van der Waals surface area (Å²) in [5.41, 5.74) is 1.68. The molecule has 1 aliphatic carbocycles. The number of nitrogens with one attached hydrogen (secondary N) is 3. The molecule has 3 rings (SSSR count). The van der Waals surface area contributed by atoms with E-state index in [1.165, 1.54) is 12.3 Å². The third kappa shape index (κ3) is 8.46. The van der Waals surface area contributed by atoms with Gasteiger partial charge >= 0.3 is 0 Å². The van der Waals surface area contributed by atoms with Crippen molar-refractivity contribution in [1.29, 1.82) is 0 Å². The van der Waals surface area contributed by atoms with Crippen LogP contribution in [-0.4, -0.2) is 50.2 Å². The number of aliphatic hydroxyl groups is 1. The largest absolute Gasteiger partial charge is 0.389 e. The molecule has 0 spiro atoms. The van der Waals surface area contributed by atoms with Crippen LogP contribution < -0.4 is 16.0 Å². The van der Waals surface area contributed by atoms with Crippen molar-refractivity contribution in [3.8, 4) is 0 Å². The van der Waals surface area contributed by atoms with Crippen LogP contribution in [0.25, 0.3) is 0 Å². The van der Waals surface area contributed by atoms with Crippen LogP contribution >= 0.6 is 11.6 Å². The number of allylic oxidation sites excluding steroid dienone is 2. The van der Waals surface area contributed by atoms with E-state index in [1.54, 1.807) is 32.5 Å². The van der Waals surface area contributed by atoms with Crippen molar-refractivity contribution in [2.45, 2.75) is 65.4 Å². The van der Waals surface area contributed by atoms with Crippen molar-refractivity contribution >= 4 is 41.1 Å². The van der Waals surface area contributed by atoms with Gasteiger partial charge in [-0.2, -0.15) is 0 Å². The maximum Gasteiger partial charge on any atom is 0.278 e. The van der Waals surface area contributed by atoms with E-state index in [-0.39, 0.29) is 40.4 Å². The quantitative estimate of drug-likeness (QED) is 0.181. The highest BCUT2D eigenvalue weighted by molar-refractivity contribution is 6.30. The van der Waals surface area contributed by atoms with Crippen molar-refractivity contribution in [2.75, 3.05) is 17.2 Å². The lowest BCUT2D eigenvalue weighted by Crippen LogP contribution is -2.38. The van der Waals surface area contributed by atoms with Crippen LogP contribution in [0.1, 0.15) is 86.3 Å². The normalized spacial score (nSPS) is 14.5. The minimum Gasteiger partial charge on any atom is -0.389 e. The lowest BCUT2D eigenvalue weighted by molar-refractivity contribution is 0.0694. The van der Waals surface area contributed by atoms with Crippen LogP contribution in [0.5, 0.6) is 0 Å². The van der Waals surface area contributed by atoms with E-state index in [9.17, 15) is 14.7 Å². The molecular formula is C27H34ClN7O3. The molecule has 2 aromatic rings. The number of rotatable bonds is 11. The first kappa shape index (κ1) is 28.9. The van der Waals surface area contributed by atoms with Crippen molar-refractivity contribution in [2.24, 2.45) is 4.99 Å². The number of carbonyl (C=O) groups is 2. The van der Waals surface area contributed by atoms with Gasteiger partial charge in [-0.15, -0.1) is 0 Å². The average Bonchev–Trinajstić information content (AvgIpc) is 3.72. The molecule has 1 fully saturated rings. The van der Waals surface area contributed by atoms with Gasteiger partial charge in [0.2, 0.25) is 0 Å². The summed E-state index contributed by atoms with van der Waals surface area (Å²) in [7, 11) is 0. The molecule has 0 aromatic carbocycles. The number of aromatic nitrogens is 3. The number of carbonyl (C=O) groups excluding carboxylic acids is 2. The highest BCUT2D eigenvalue weighted by Gasteiger charge is 2.28. The number of amides is 2. The van der Waals surface area contributed by atoms with E-state index in [0.717, 1.165) is 30.5 Å². The van der Waals surface area contributed by atoms with Crippen LogP contribution in [-0.2, 0) is 0 Å². The molecule has 11 heteroatoms. The zero-order valence-electron chi connectivity index (χ0n) is 22.3. The molecule has 38 heavy (non-hydrogen) atoms. The first-order valence-electron chi connectivity index (χ1n) is 12.5. The standard InChI is InChI=1S/C27H34ClN7O3/c1-6-16(3)10-18(12-29-7-2)33-24-23(34-20(13-31-24)17-8-9-17)26(37)35-21-14-30-22(28)11-19(21)25(36)32-15-27(4,5)38/h7,10-14,17,38H,6,8-9,15H2,1-5H3,(H,31,33)(H,32,36)(H,35,37)/b16-10+,18-12+,29-7-. The molecule has 0 aliphatic heterocycles. The molecule has 1 aliphatic rings. The van der Waals surface area contributed by atoms with E-state index >= 15 is 0 Å². The maximum absolute atomic E-state index is 13.5. The summed E-state index contributed by atoms with van der Waals surface area (Å²) in [4.78, 5) is 43.7. The number of halogens is 1. The Labute approximate surface area is 227 Å². The fourth-order valence-corrected chi connectivity index (χ4v) is 3.44. The van der Waals surface area contributed by atoms with Crippen molar-refractivity contribution in [3.63, 3.8) is 0 Å². The molecule has 2 aromatic heterocycles. The predicted octanol–water partition coefficient (Wildman–Crippen LogP) is 4.86. The smallest absolute Gasteiger partial charge is 0.278 e. The maximum atomic E-state index is 13.5. The Morgan fingerprint density at radius 1 is 1.21 bits per heavy atom. The number of hydrogen-bond donors (Lipinski definition) is 4. The SMILES string of the molecule is C\C=N/C=C(\C=C(/C)CC)Nc1ncc(C2CC2)nc1C(=O)Nc1cnc(Cl)cc1C(=O)NCC(C)(C)O. The Hall–Kier alpha value is -3.63. The van der Waals surface area contributed by atoms with Crippen LogP contribution in [0.15, 0.2) is 47.0 Å². The lowest BCUT2D eigenvalue weighted by Gasteiger charge is -2.18. The van der Waals surface area contributed by atoms with Crippen LogP contribution in [0, 0.1) is 0 Å². The van der Waals surface area contributed by atoms with Crippen LogP contribution in [0.2, 0.25) is 5.15 Å². The monoisotopic (exact) mass is 539 g/mol. The van der Waals surface area contributed by atoms with Crippen molar-refractivity contribution in [1.82, 2.24) is 20.3 Å². The van der Waals surface area contributed by atoms with E-state index in [2.05, 4.69) is 35.9 Å². The number of aliphatic imine (C=N–C) groups is 1. The molecule has 0 bridgehead atoms. The highest BCUT2D eigenvalue weighted by atomic mass is 35.5. The molecule has 0 unspecified atom stereocenters. The predicted molar refractivity (Wildman–Crippen MR) is 150 cm³/mol. The minimum atomic E-state index is -1.12. The fraction of sp³-hybridized carbons (Fsp3) is 0.407. The van der Waals surface area contributed by atoms with Gasteiger partial charge in [-0.3, -0.25) is 14.6 Å². The van der Waals surface area contributed by atoms with Gasteiger partial charge in [0.25, 0.3) is 11.8 Å². The molecule has 0 atom stereocenters. The summed E-state index contributed by atoms with van der Waals surface area (Å²) < 4.78 is 0. The lowest BCUT2D eigenvalue weighted by atomic mass is 10.1. The Morgan fingerprint density at radius 3 is 2.58 bits per heavy atom. The second-order valence-corrected chi connectivity index (χ2v) is 10.1. The first-order chi connectivity index (χ1) is 18.0. The molecule has 10 nitrogen and oxygen atoms in total. The molecule has 0 saturated heterocycles. The Kier molecular flexibility index (Phi) is 9.71. The summed E-state index contributed by atoms with van der Waals surface area (Å²) >= 11 is 6.04. The van der Waals surface area contributed by atoms with Gasteiger partial charge in [-0.25, -0.2) is 15.0 Å². The number of nitrogens with zero attached hydrogens (tertiary/aromatic N) is 4. The molecule has 2 amide bonds. The van der Waals surface area contributed by atoms with E-state index in [4.69, 9.17) is 11.6 Å². The van der Waals surface area contributed by atoms with Gasteiger partial charge in [0.15, 0.2) is 11.5 Å². The molecule has 0 radical (unpaired) electrons. The minimum absolute atomic E-state index is 0.00217. The second kappa shape index (κ2) is 12.7. The summed E-state index contributed by atoms with van der Waals surface area (Å²) in [6, 6.07) is 1.35. The van der Waals surface area contributed by atoms with E-state index < -0.39 is 17.4 Å². The molecular weight excluding hydrogens is 506 g/mol. The fourth-order valence-electron chi connectivity index (χ4n) is 3.28. The zero-order valence-corrected chi connectivity index (χ0v) is 23.1. The number of pyridine rings is 1. The van der Waals surface area contributed by atoms with Gasteiger partial charge < -0.3 is 21.1 Å².